The third-order valence-electron chi connectivity index (χ3n) is 2.84. The highest BCUT2D eigenvalue weighted by Gasteiger charge is 2.00. The van der Waals surface area contributed by atoms with Gasteiger partial charge in [0.2, 0.25) is 0 Å². The molecule has 0 saturated heterocycles. The van der Waals surface area contributed by atoms with Crippen LogP contribution in [0.1, 0.15) is 29.1 Å². The molecule has 0 atom stereocenters. The van der Waals surface area contributed by atoms with Crippen molar-refractivity contribution in [3.05, 3.63) is 16.1 Å². The number of thiazole rings is 1. The molecule has 1 rings (SSSR count). The lowest BCUT2D eigenvalue weighted by Crippen LogP contribution is -2.38. The van der Waals surface area contributed by atoms with Crippen LogP contribution < -0.4 is 10.6 Å². The molecule has 5 nitrogen and oxygen atoms in total. The van der Waals surface area contributed by atoms with Gasteiger partial charge in [0, 0.05) is 51.3 Å². The summed E-state index contributed by atoms with van der Waals surface area (Å²) in [6.07, 6.45) is 6.29. The summed E-state index contributed by atoms with van der Waals surface area (Å²) in [7, 11) is 3.54. The number of rotatable bonds is 9. The van der Waals surface area contributed by atoms with Gasteiger partial charge in [-0.25, -0.2) is 4.98 Å². The van der Waals surface area contributed by atoms with Gasteiger partial charge in [0.25, 0.3) is 0 Å². The molecule has 0 unspecified atom stereocenters. The van der Waals surface area contributed by atoms with Crippen molar-refractivity contribution in [3.63, 3.8) is 0 Å². The van der Waals surface area contributed by atoms with E-state index in [-0.39, 0.29) is 0 Å². The predicted octanol–water partition coefficient (Wildman–Crippen LogP) is 1.98. The number of aryl methyl sites for hydroxylation is 1. The third kappa shape index (κ3) is 7.45. The minimum absolute atomic E-state index is 0.847. The summed E-state index contributed by atoms with van der Waals surface area (Å²) < 4.78 is 5.03. The summed E-state index contributed by atoms with van der Waals surface area (Å²) in [4.78, 5) is 9.82. The average molecular weight is 298 g/mol. The molecule has 0 saturated carbocycles. The van der Waals surface area contributed by atoms with Gasteiger partial charge < -0.3 is 15.4 Å². The first kappa shape index (κ1) is 16.9. The Morgan fingerprint density at radius 1 is 1.30 bits per heavy atom. The lowest BCUT2D eigenvalue weighted by Gasteiger charge is -2.11. The van der Waals surface area contributed by atoms with Crippen LogP contribution in [0.4, 0.5) is 0 Å². The first-order chi connectivity index (χ1) is 9.76. The second kappa shape index (κ2) is 10.6. The van der Waals surface area contributed by atoms with Gasteiger partial charge in [-0.1, -0.05) is 0 Å². The zero-order chi connectivity index (χ0) is 14.6. The minimum atomic E-state index is 0.847. The fraction of sp³-hybridized carbons (Fsp3) is 0.714. The number of hydrogen-bond donors (Lipinski definition) is 2. The summed E-state index contributed by atoms with van der Waals surface area (Å²) in [6, 6.07) is 0. The summed E-state index contributed by atoms with van der Waals surface area (Å²) in [6.45, 7) is 4.73. The van der Waals surface area contributed by atoms with E-state index in [1.165, 1.54) is 16.3 Å². The Hall–Kier alpha value is -1.14. The summed E-state index contributed by atoms with van der Waals surface area (Å²) >= 11 is 1.75. The molecule has 114 valence electrons. The van der Waals surface area contributed by atoms with Crippen LogP contribution in [0, 0.1) is 6.92 Å². The van der Waals surface area contributed by atoms with E-state index < -0.39 is 0 Å². The van der Waals surface area contributed by atoms with Gasteiger partial charge in [-0.3, -0.25) is 4.99 Å². The average Bonchev–Trinajstić information content (AvgIpc) is 2.86. The maximum absolute atomic E-state index is 5.03. The Bertz CT molecular complexity index is 392. The third-order valence-corrected chi connectivity index (χ3v) is 3.81. The second-order valence-electron chi connectivity index (χ2n) is 4.59. The molecular weight excluding hydrogens is 272 g/mol. The van der Waals surface area contributed by atoms with Crippen molar-refractivity contribution in [1.29, 1.82) is 0 Å². The molecule has 0 bridgehead atoms. The zero-order valence-corrected chi connectivity index (χ0v) is 13.6. The van der Waals surface area contributed by atoms with Crippen molar-refractivity contribution in [3.8, 4) is 0 Å². The van der Waals surface area contributed by atoms with E-state index in [1.54, 1.807) is 25.5 Å². The van der Waals surface area contributed by atoms with Crippen molar-refractivity contribution in [2.45, 2.75) is 32.6 Å². The molecule has 0 aliphatic heterocycles. The summed E-state index contributed by atoms with van der Waals surface area (Å²) in [5.74, 6) is 0.866. The number of methoxy groups -OCH3 is 1. The van der Waals surface area contributed by atoms with E-state index in [2.05, 4.69) is 27.5 Å². The normalized spacial score (nSPS) is 11.7. The molecule has 0 radical (unpaired) electrons. The van der Waals surface area contributed by atoms with Crippen molar-refractivity contribution >= 4 is 17.3 Å². The largest absolute Gasteiger partial charge is 0.385 e. The van der Waals surface area contributed by atoms with Gasteiger partial charge in [0.1, 0.15) is 0 Å². The van der Waals surface area contributed by atoms with Crippen molar-refractivity contribution in [2.75, 3.05) is 33.9 Å². The summed E-state index contributed by atoms with van der Waals surface area (Å²) in [5, 5.41) is 7.80. The number of hydrogen-bond acceptors (Lipinski definition) is 4. The Balaban J connectivity index is 2.07. The quantitative estimate of drug-likeness (QED) is 0.416. The fourth-order valence-corrected chi connectivity index (χ4v) is 2.57. The van der Waals surface area contributed by atoms with E-state index in [4.69, 9.17) is 4.74 Å². The predicted molar refractivity (Wildman–Crippen MR) is 85.6 cm³/mol. The maximum atomic E-state index is 5.03. The second-order valence-corrected chi connectivity index (χ2v) is 5.91. The molecule has 1 heterocycles. The summed E-state index contributed by atoms with van der Waals surface area (Å²) in [5.41, 5.74) is 0. The minimum Gasteiger partial charge on any atom is -0.385 e. The molecule has 0 aliphatic carbocycles. The molecule has 0 amide bonds. The molecule has 6 heteroatoms. The Kier molecular flexibility index (Phi) is 8.98. The molecule has 0 aromatic carbocycles. The Morgan fingerprint density at radius 2 is 2.10 bits per heavy atom. The van der Waals surface area contributed by atoms with Gasteiger partial charge >= 0.3 is 0 Å². The van der Waals surface area contributed by atoms with Gasteiger partial charge in [0.15, 0.2) is 5.96 Å². The molecule has 1 aromatic heterocycles. The molecular formula is C14H26N4OS. The fourth-order valence-electron chi connectivity index (χ4n) is 1.78. The van der Waals surface area contributed by atoms with Crippen LogP contribution in [-0.4, -0.2) is 44.8 Å². The topological polar surface area (TPSA) is 58.5 Å². The molecule has 20 heavy (non-hydrogen) atoms. The highest BCUT2D eigenvalue weighted by atomic mass is 32.1. The molecule has 1 aromatic rings. The highest BCUT2D eigenvalue weighted by Crippen LogP contribution is 2.10. The van der Waals surface area contributed by atoms with Crippen LogP contribution in [0.25, 0.3) is 0 Å². The number of nitrogens with zero attached hydrogens (tertiary/aromatic N) is 2. The zero-order valence-electron chi connectivity index (χ0n) is 12.7. The van der Waals surface area contributed by atoms with E-state index in [1.807, 2.05) is 6.20 Å². The molecule has 0 fully saturated rings. The van der Waals surface area contributed by atoms with Crippen molar-refractivity contribution in [2.24, 2.45) is 4.99 Å². The van der Waals surface area contributed by atoms with Gasteiger partial charge in [-0.15, -0.1) is 11.3 Å². The lowest BCUT2D eigenvalue weighted by molar-refractivity contribution is 0.192. The van der Waals surface area contributed by atoms with Crippen LogP contribution in [0.3, 0.4) is 0 Å². The van der Waals surface area contributed by atoms with Gasteiger partial charge in [0.05, 0.1) is 5.01 Å². The molecule has 0 aliphatic rings. The monoisotopic (exact) mass is 298 g/mol. The van der Waals surface area contributed by atoms with Gasteiger partial charge in [-0.2, -0.15) is 0 Å². The van der Waals surface area contributed by atoms with Crippen LogP contribution in [0.15, 0.2) is 11.2 Å². The Morgan fingerprint density at radius 3 is 2.75 bits per heavy atom. The SMILES string of the molecule is CN=C(NCCCCCOC)NCCc1ncc(C)s1. The lowest BCUT2D eigenvalue weighted by atomic mass is 10.2. The van der Waals surface area contributed by atoms with Crippen molar-refractivity contribution in [1.82, 2.24) is 15.6 Å². The Labute approximate surface area is 125 Å². The number of guanidine groups is 1. The van der Waals surface area contributed by atoms with E-state index in [0.717, 1.165) is 44.9 Å². The maximum Gasteiger partial charge on any atom is 0.190 e. The van der Waals surface area contributed by atoms with E-state index in [0.29, 0.717) is 0 Å². The smallest absolute Gasteiger partial charge is 0.190 e. The van der Waals surface area contributed by atoms with Gasteiger partial charge in [-0.05, 0) is 26.2 Å². The van der Waals surface area contributed by atoms with E-state index >= 15 is 0 Å². The van der Waals surface area contributed by atoms with Crippen molar-refractivity contribution < 1.29 is 4.74 Å². The van der Waals surface area contributed by atoms with Crippen LogP contribution in [-0.2, 0) is 11.2 Å². The first-order valence-electron chi connectivity index (χ1n) is 7.11. The first-order valence-corrected chi connectivity index (χ1v) is 7.92. The highest BCUT2D eigenvalue weighted by molar-refractivity contribution is 7.11. The van der Waals surface area contributed by atoms with Crippen LogP contribution in [0.5, 0.6) is 0 Å². The molecule has 0 spiro atoms. The number of unbranched alkanes of at least 4 members (excludes halogenated alkanes) is 2. The standard InChI is InChI=1S/C14H26N4OS/c1-12-11-18-13(20-12)7-9-17-14(15-2)16-8-5-4-6-10-19-3/h11H,4-10H2,1-3H3,(H2,15,16,17). The number of nitrogens with one attached hydrogen (secondary N) is 2. The van der Waals surface area contributed by atoms with Crippen LogP contribution >= 0.6 is 11.3 Å². The van der Waals surface area contributed by atoms with Crippen LogP contribution in [0.2, 0.25) is 0 Å². The molecule has 2 N–H and O–H groups in total. The number of aliphatic imine (C=N–C) groups is 1. The number of ether oxygens (including phenoxy) is 1. The number of aromatic nitrogens is 1. The van der Waals surface area contributed by atoms with E-state index in [9.17, 15) is 0 Å².